The number of nitrogens with zero attached hydrogens (tertiary/aromatic N) is 1. The maximum atomic E-state index is 13.0. The molecule has 6 nitrogen and oxygen atoms in total. The predicted octanol–water partition coefficient (Wildman–Crippen LogP) is 4.20. The lowest BCUT2D eigenvalue weighted by atomic mass is 9.55. The second-order valence-corrected chi connectivity index (χ2v) is 10.6. The molecule has 0 unspecified atom stereocenters. The van der Waals surface area contributed by atoms with Crippen LogP contribution >= 0.6 is 0 Å². The molecule has 1 aliphatic heterocycles. The Morgan fingerprint density at radius 1 is 1.30 bits per heavy atom. The largest absolute Gasteiger partial charge is 0.493 e. The molecule has 0 aromatic heterocycles. The van der Waals surface area contributed by atoms with Gasteiger partial charge in [0.25, 0.3) is 0 Å². The van der Waals surface area contributed by atoms with E-state index >= 15 is 0 Å². The number of hydrogen-bond donors (Lipinski definition) is 1. The van der Waals surface area contributed by atoms with Gasteiger partial charge in [0.15, 0.2) is 11.5 Å². The van der Waals surface area contributed by atoms with E-state index in [0.717, 1.165) is 24.8 Å². The molecule has 0 amide bonds. The zero-order valence-corrected chi connectivity index (χ0v) is 20.5. The molecule has 3 aliphatic rings. The minimum atomic E-state index is -0.494. The van der Waals surface area contributed by atoms with E-state index in [-0.39, 0.29) is 29.3 Å². The van der Waals surface area contributed by atoms with Crippen LogP contribution in [0.25, 0.3) is 0 Å². The molecule has 1 aromatic rings. The van der Waals surface area contributed by atoms with Crippen molar-refractivity contribution in [2.45, 2.75) is 64.7 Å². The first-order valence-corrected chi connectivity index (χ1v) is 12.2. The molecule has 1 saturated heterocycles. The van der Waals surface area contributed by atoms with Crippen LogP contribution in [0, 0.1) is 23.2 Å². The summed E-state index contributed by atoms with van der Waals surface area (Å²) < 4.78 is 16.8. The van der Waals surface area contributed by atoms with Crippen LogP contribution < -0.4 is 9.47 Å². The highest BCUT2D eigenvalue weighted by Gasteiger charge is 2.55. The molecule has 6 atom stereocenters. The smallest absolute Gasteiger partial charge is 0.310 e. The number of esters is 1. The number of benzene rings is 1. The van der Waals surface area contributed by atoms with E-state index in [0.29, 0.717) is 37.1 Å². The van der Waals surface area contributed by atoms with Crippen LogP contribution in [0.3, 0.4) is 0 Å². The Kier molecular flexibility index (Phi) is 7.06. The van der Waals surface area contributed by atoms with Crippen LogP contribution in [-0.2, 0) is 16.1 Å². The van der Waals surface area contributed by atoms with Crippen molar-refractivity contribution in [3.63, 3.8) is 0 Å². The molecule has 2 saturated carbocycles. The molecule has 182 valence electrons. The number of ether oxygens (including phenoxy) is 3. The normalized spacial score (nSPS) is 32.2. The van der Waals surface area contributed by atoms with Crippen molar-refractivity contribution in [1.29, 1.82) is 0 Å². The lowest BCUT2D eigenvalue weighted by Gasteiger charge is -2.50. The van der Waals surface area contributed by atoms with Gasteiger partial charge in [-0.2, -0.15) is 0 Å². The van der Waals surface area contributed by atoms with Crippen molar-refractivity contribution in [1.82, 2.24) is 4.90 Å². The second kappa shape index (κ2) is 9.67. The highest BCUT2D eigenvalue weighted by molar-refractivity contribution is 5.75. The van der Waals surface area contributed by atoms with E-state index in [1.165, 1.54) is 18.4 Å². The Labute approximate surface area is 197 Å². The van der Waals surface area contributed by atoms with Crippen LogP contribution in [0.15, 0.2) is 30.4 Å². The van der Waals surface area contributed by atoms with Crippen LogP contribution in [0.1, 0.15) is 51.5 Å². The summed E-state index contributed by atoms with van der Waals surface area (Å²) in [6, 6.07) is 5.86. The van der Waals surface area contributed by atoms with Crippen LogP contribution in [-0.4, -0.2) is 55.5 Å². The van der Waals surface area contributed by atoms with Crippen molar-refractivity contribution < 1.29 is 24.1 Å². The number of allylic oxidation sites excluding steroid dienone is 1. The third kappa shape index (κ3) is 4.92. The molecule has 6 heteroatoms. The average Bonchev–Trinajstić information content (AvgIpc) is 3.05. The van der Waals surface area contributed by atoms with Gasteiger partial charge in [-0.05, 0) is 68.1 Å². The number of hydrogen-bond acceptors (Lipinski definition) is 6. The number of aliphatic hydroxyl groups is 1. The van der Waals surface area contributed by atoms with E-state index < -0.39 is 6.10 Å². The van der Waals surface area contributed by atoms with Crippen molar-refractivity contribution in [3.05, 3.63) is 35.9 Å². The van der Waals surface area contributed by atoms with Crippen molar-refractivity contribution in [2.24, 2.45) is 23.2 Å². The first-order valence-electron chi connectivity index (χ1n) is 12.2. The zero-order chi connectivity index (χ0) is 23.8. The van der Waals surface area contributed by atoms with Gasteiger partial charge in [-0.1, -0.05) is 25.1 Å². The van der Waals surface area contributed by atoms with E-state index in [1.54, 1.807) is 21.1 Å². The molecule has 2 aliphatic carbocycles. The second-order valence-electron chi connectivity index (χ2n) is 10.6. The van der Waals surface area contributed by atoms with Crippen molar-refractivity contribution >= 4 is 5.97 Å². The molecular weight excluding hydrogens is 418 g/mol. The summed E-state index contributed by atoms with van der Waals surface area (Å²) in [6.07, 6.45) is 4.91. The molecule has 1 aromatic carbocycles. The number of aliphatic hydroxyl groups excluding tert-OH is 1. The zero-order valence-electron chi connectivity index (χ0n) is 20.5. The van der Waals surface area contributed by atoms with Gasteiger partial charge in [-0.25, -0.2) is 0 Å². The fourth-order valence-electron chi connectivity index (χ4n) is 6.56. The lowest BCUT2D eigenvalue weighted by Crippen LogP contribution is -2.46. The Balaban J connectivity index is 1.51. The van der Waals surface area contributed by atoms with Gasteiger partial charge < -0.3 is 19.3 Å². The van der Waals surface area contributed by atoms with Gasteiger partial charge in [0, 0.05) is 25.6 Å². The number of carbonyl (C=O) groups excluding carboxylic acids is 1. The SMILES string of the molecule is C=C1CCC[C@]2(C)C[C@H]3OC(=O)[C@H](CN(Cc4ccc(OC)c(OC)c4)C[C@@H](C)O)[C@H]3C[C@H]12. The molecule has 0 spiro atoms. The first kappa shape index (κ1) is 24.1. The molecule has 1 N–H and O–H groups in total. The summed E-state index contributed by atoms with van der Waals surface area (Å²) in [4.78, 5) is 15.2. The van der Waals surface area contributed by atoms with Gasteiger partial charge in [-0.15, -0.1) is 0 Å². The molecule has 4 rings (SSSR count). The topological polar surface area (TPSA) is 68.2 Å². The summed E-state index contributed by atoms with van der Waals surface area (Å²) in [5, 5.41) is 10.2. The number of methoxy groups -OCH3 is 2. The van der Waals surface area contributed by atoms with Crippen molar-refractivity contribution in [2.75, 3.05) is 27.3 Å². The number of rotatable bonds is 8. The minimum absolute atomic E-state index is 0.00382. The first-order chi connectivity index (χ1) is 15.7. The van der Waals surface area contributed by atoms with Gasteiger partial charge >= 0.3 is 5.97 Å². The standard InChI is InChI=1S/C27H39NO5/c1-17-7-6-10-27(3)13-25-20(12-22(17)27)21(26(30)33-25)16-28(14-18(2)29)15-19-8-9-23(31-4)24(11-19)32-5/h8-9,11,18,20-22,25,29H,1,6-7,10,12-16H2,2-5H3/t18-,20-,21-,22-,25-,27-/m1/s1. The molecule has 3 fully saturated rings. The Bertz CT molecular complexity index is 883. The van der Waals surface area contributed by atoms with Crippen LogP contribution in [0.5, 0.6) is 11.5 Å². The third-order valence-corrected chi connectivity index (χ3v) is 8.15. The van der Waals surface area contributed by atoms with E-state index in [4.69, 9.17) is 14.2 Å². The molecule has 33 heavy (non-hydrogen) atoms. The monoisotopic (exact) mass is 457 g/mol. The average molecular weight is 458 g/mol. The summed E-state index contributed by atoms with van der Waals surface area (Å²) in [7, 11) is 3.25. The molecular formula is C27H39NO5. The number of carbonyl (C=O) groups is 1. The Hall–Kier alpha value is -2.05. The minimum Gasteiger partial charge on any atom is -0.493 e. The quantitative estimate of drug-likeness (QED) is 0.466. The fourth-order valence-corrected chi connectivity index (χ4v) is 6.56. The van der Waals surface area contributed by atoms with Crippen molar-refractivity contribution in [3.8, 4) is 11.5 Å². The van der Waals surface area contributed by atoms with Gasteiger partial charge in [0.2, 0.25) is 0 Å². The Morgan fingerprint density at radius 2 is 2.06 bits per heavy atom. The van der Waals surface area contributed by atoms with Gasteiger partial charge in [0.05, 0.1) is 26.2 Å². The van der Waals surface area contributed by atoms with Gasteiger partial charge in [-0.3, -0.25) is 9.69 Å². The van der Waals surface area contributed by atoms with Crippen LogP contribution in [0.2, 0.25) is 0 Å². The molecule has 1 heterocycles. The predicted molar refractivity (Wildman–Crippen MR) is 127 cm³/mol. The molecule has 0 radical (unpaired) electrons. The maximum Gasteiger partial charge on any atom is 0.310 e. The summed E-state index contributed by atoms with van der Waals surface area (Å²) in [5.74, 6) is 1.79. The number of fused-ring (bicyclic) bond motifs is 2. The summed E-state index contributed by atoms with van der Waals surface area (Å²) in [5.41, 5.74) is 2.60. The van der Waals surface area contributed by atoms with E-state index in [1.807, 2.05) is 18.2 Å². The summed E-state index contributed by atoms with van der Waals surface area (Å²) >= 11 is 0. The Morgan fingerprint density at radius 3 is 2.76 bits per heavy atom. The highest BCUT2D eigenvalue weighted by Crippen LogP contribution is 2.57. The van der Waals surface area contributed by atoms with E-state index in [9.17, 15) is 9.90 Å². The summed E-state index contributed by atoms with van der Waals surface area (Å²) in [6.45, 7) is 10.2. The third-order valence-electron chi connectivity index (χ3n) is 8.15. The highest BCUT2D eigenvalue weighted by atomic mass is 16.6. The lowest BCUT2D eigenvalue weighted by molar-refractivity contribution is -0.146. The van der Waals surface area contributed by atoms with E-state index in [2.05, 4.69) is 18.4 Å². The maximum absolute atomic E-state index is 13.0. The van der Waals surface area contributed by atoms with Gasteiger partial charge in [0.1, 0.15) is 6.10 Å². The fraction of sp³-hybridized carbons (Fsp3) is 0.667. The van der Waals surface area contributed by atoms with Crippen LogP contribution in [0.4, 0.5) is 0 Å². The molecule has 0 bridgehead atoms.